The number of halogens is 1. The lowest BCUT2D eigenvalue weighted by Crippen LogP contribution is -2.55. The second kappa shape index (κ2) is 13.3. The van der Waals surface area contributed by atoms with Gasteiger partial charge in [-0.15, -0.1) is 10.2 Å². The quantitative estimate of drug-likeness (QED) is 0.144. The maximum atomic E-state index is 13.0. The SMILES string of the molecule is CC1CN(C(=O)CCCSc2nnc3c4ccccc4n(Cc4ccc(Br)cc4)c3n2)CCN1C(=O)Cc1ccccc1. The average molecular weight is 658 g/mol. The Balaban J connectivity index is 1.04. The van der Waals surface area contributed by atoms with E-state index in [0.717, 1.165) is 37.9 Å². The zero-order valence-electron chi connectivity index (χ0n) is 24.0. The van der Waals surface area contributed by atoms with Crippen LogP contribution in [0.5, 0.6) is 0 Å². The van der Waals surface area contributed by atoms with Crippen molar-refractivity contribution < 1.29 is 9.59 Å². The van der Waals surface area contributed by atoms with Crippen LogP contribution < -0.4 is 0 Å². The first-order chi connectivity index (χ1) is 21.0. The van der Waals surface area contributed by atoms with Crippen LogP contribution in [0.3, 0.4) is 0 Å². The van der Waals surface area contributed by atoms with Gasteiger partial charge < -0.3 is 14.4 Å². The van der Waals surface area contributed by atoms with Crippen LogP contribution in [0.25, 0.3) is 22.1 Å². The highest BCUT2D eigenvalue weighted by atomic mass is 79.9. The molecule has 8 nitrogen and oxygen atoms in total. The number of benzene rings is 3. The second-order valence-corrected chi connectivity index (χ2v) is 12.9. The largest absolute Gasteiger partial charge is 0.339 e. The molecule has 6 rings (SSSR count). The molecule has 0 N–H and O–H groups in total. The summed E-state index contributed by atoms with van der Waals surface area (Å²) in [5.74, 6) is 0.965. The second-order valence-electron chi connectivity index (χ2n) is 10.9. The van der Waals surface area contributed by atoms with Crippen LogP contribution in [0.15, 0.2) is 88.5 Å². The zero-order valence-corrected chi connectivity index (χ0v) is 26.4. The number of amides is 2. The van der Waals surface area contributed by atoms with E-state index in [9.17, 15) is 9.59 Å². The number of fused-ring (bicyclic) bond motifs is 3. The fraction of sp³-hybridized carbons (Fsp3) is 0.303. The van der Waals surface area contributed by atoms with Crippen LogP contribution in [-0.2, 0) is 22.6 Å². The Morgan fingerprint density at radius 3 is 2.47 bits per heavy atom. The van der Waals surface area contributed by atoms with Crippen molar-refractivity contribution in [3.05, 3.63) is 94.5 Å². The molecule has 2 aromatic heterocycles. The topological polar surface area (TPSA) is 84.2 Å². The third-order valence-electron chi connectivity index (χ3n) is 7.87. The van der Waals surface area contributed by atoms with Crippen molar-refractivity contribution in [3.63, 3.8) is 0 Å². The number of hydrogen-bond donors (Lipinski definition) is 0. The maximum absolute atomic E-state index is 13.0. The van der Waals surface area contributed by atoms with Gasteiger partial charge in [-0.25, -0.2) is 4.98 Å². The molecule has 1 saturated heterocycles. The summed E-state index contributed by atoms with van der Waals surface area (Å²) in [5, 5.41) is 10.6. The standard InChI is InChI=1S/C33H33BrN6O2S/c1-23-21-38(17-18-39(23)30(42)20-24-8-3-2-4-9-24)29(41)12-7-19-43-33-35-32-31(36-37-33)27-10-5-6-11-28(27)40(32)22-25-13-15-26(34)16-14-25/h2-6,8-11,13-16,23H,7,12,17-22H2,1H3. The fourth-order valence-electron chi connectivity index (χ4n) is 5.65. The van der Waals surface area contributed by atoms with Crippen molar-refractivity contribution >= 4 is 61.6 Å². The van der Waals surface area contributed by atoms with Crippen LogP contribution in [0, 0.1) is 0 Å². The van der Waals surface area contributed by atoms with Gasteiger partial charge in [0.05, 0.1) is 11.9 Å². The van der Waals surface area contributed by atoms with Gasteiger partial charge in [0.15, 0.2) is 5.65 Å². The van der Waals surface area contributed by atoms with Gasteiger partial charge in [-0.2, -0.15) is 0 Å². The van der Waals surface area contributed by atoms with Gasteiger partial charge in [-0.05, 0) is 42.7 Å². The van der Waals surface area contributed by atoms with Gasteiger partial charge in [0.25, 0.3) is 0 Å². The first kappa shape index (κ1) is 29.3. The summed E-state index contributed by atoms with van der Waals surface area (Å²) < 4.78 is 3.24. The lowest BCUT2D eigenvalue weighted by Gasteiger charge is -2.40. The normalized spacial score (nSPS) is 15.3. The third-order valence-corrected chi connectivity index (χ3v) is 9.33. The first-order valence-corrected chi connectivity index (χ1v) is 16.3. The predicted molar refractivity (Wildman–Crippen MR) is 174 cm³/mol. The van der Waals surface area contributed by atoms with Gasteiger partial charge in [-0.1, -0.05) is 88.4 Å². The average Bonchev–Trinajstić information content (AvgIpc) is 3.33. The summed E-state index contributed by atoms with van der Waals surface area (Å²) in [6, 6.07) is 26.3. The number of rotatable bonds is 9. The number of thioether (sulfide) groups is 1. The minimum atomic E-state index is -0.00125. The molecule has 0 bridgehead atoms. The van der Waals surface area contributed by atoms with Gasteiger partial charge in [-0.3, -0.25) is 9.59 Å². The molecule has 43 heavy (non-hydrogen) atoms. The molecule has 1 aliphatic rings. The monoisotopic (exact) mass is 656 g/mol. The number of carbonyl (C=O) groups is 2. The molecule has 10 heteroatoms. The van der Waals surface area contributed by atoms with Crippen LogP contribution in [0.4, 0.5) is 0 Å². The van der Waals surface area contributed by atoms with E-state index in [1.807, 2.05) is 71.3 Å². The van der Waals surface area contributed by atoms with Crippen LogP contribution >= 0.6 is 27.7 Å². The van der Waals surface area contributed by atoms with E-state index < -0.39 is 0 Å². The number of aromatic nitrogens is 4. The molecule has 1 unspecified atom stereocenters. The summed E-state index contributed by atoms with van der Waals surface area (Å²) in [7, 11) is 0. The van der Waals surface area contributed by atoms with E-state index in [4.69, 9.17) is 4.98 Å². The van der Waals surface area contributed by atoms with Crippen molar-refractivity contribution in [1.82, 2.24) is 29.5 Å². The number of hydrogen-bond acceptors (Lipinski definition) is 6. The molecule has 0 saturated carbocycles. The molecule has 1 atom stereocenters. The summed E-state index contributed by atoms with van der Waals surface area (Å²) in [4.78, 5) is 34.6. The third kappa shape index (κ3) is 6.75. The highest BCUT2D eigenvalue weighted by Crippen LogP contribution is 2.28. The Labute approximate surface area is 263 Å². The maximum Gasteiger partial charge on any atom is 0.227 e. The lowest BCUT2D eigenvalue weighted by molar-refractivity contribution is -0.142. The minimum Gasteiger partial charge on any atom is -0.339 e. The smallest absolute Gasteiger partial charge is 0.227 e. The van der Waals surface area contributed by atoms with Crippen molar-refractivity contribution in [2.75, 3.05) is 25.4 Å². The Kier molecular flexibility index (Phi) is 9.04. The van der Waals surface area contributed by atoms with E-state index in [0.29, 0.717) is 50.6 Å². The molecule has 2 amide bonds. The molecule has 0 aliphatic carbocycles. The summed E-state index contributed by atoms with van der Waals surface area (Å²) >= 11 is 5.04. The Hall–Kier alpha value is -3.76. The van der Waals surface area contributed by atoms with Gasteiger partial charge in [0.2, 0.25) is 17.0 Å². The number of para-hydroxylation sites is 1. The Morgan fingerprint density at radius 1 is 0.907 bits per heavy atom. The molecular formula is C33H33BrN6O2S. The van der Waals surface area contributed by atoms with Crippen molar-refractivity contribution in [3.8, 4) is 0 Å². The molecule has 5 aromatic rings. The van der Waals surface area contributed by atoms with E-state index in [-0.39, 0.29) is 17.9 Å². The predicted octanol–water partition coefficient (Wildman–Crippen LogP) is 5.96. The number of carbonyl (C=O) groups excluding carboxylic acids is 2. The van der Waals surface area contributed by atoms with E-state index in [2.05, 4.69) is 55.0 Å². The summed E-state index contributed by atoms with van der Waals surface area (Å²) in [6.07, 6.45) is 1.57. The Morgan fingerprint density at radius 2 is 1.67 bits per heavy atom. The number of nitrogens with zero attached hydrogens (tertiary/aromatic N) is 6. The molecule has 1 fully saturated rings. The lowest BCUT2D eigenvalue weighted by atomic mass is 10.1. The Bertz CT molecular complexity index is 1740. The molecule has 1 aliphatic heterocycles. The first-order valence-electron chi connectivity index (χ1n) is 14.6. The van der Waals surface area contributed by atoms with Crippen LogP contribution in [-0.4, -0.2) is 72.8 Å². The highest BCUT2D eigenvalue weighted by Gasteiger charge is 2.29. The van der Waals surface area contributed by atoms with Gasteiger partial charge in [0, 0.05) is 54.3 Å². The fourth-order valence-corrected chi connectivity index (χ4v) is 6.64. The molecular weight excluding hydrogens is 624 g/mol. The van der Waals surface area contributed by atoms with Crippen molar-refractivity contribution in [1.29, 1.82) is 0 Å². The molecule has 3 heterocycles. The summed E-state index contributed by atoms with van der Waals surface area (Å²) in [5.41, 5.74) is 4.87. The molecule has 0 radical (unpaired) electrons. The number of piperazine rings is 1. The van der Waals surface area contributed by atoms with E-state index in [1.165, 1.54) is 17.3 Å². The molecule has 0 spiro atoms. The van der Waals surface area contributed by atoms with E-state index >= 15 is 0 Å². The van der Waals surface area contributed by atoms with Gasteiger partial charge >= 0.3 is 0 Å². The minimum absolute atomic E-state index is 0.00125. The van der Waals surface area contributed by atoms with Crippen LogP contribution in [0.1, 0.15) is 30.9 Å². The van der Waals surface area contributed by atoms with Crippen molar-refractivity contribution in [2.24, 2.45) is 0 Å². The molecule has 220 valence electrons. The van der Waals surface area contributed by atoms with Crippen molar-refractivity contribution in [2.45, 2.75) is 43.9 Å². The van der Waals surface area contributed by atoms with E-state index in [1.54, 1.807) is 0 Å². The van der Waals surface area contributed by atoms with Gasteiger partial charge in [0.1, 0.15) is 5.52 Å². The summed E-state index contributed by atoms with van der Waals surface area (Å²) in [6.45, 7) is 4.41. The highest BCUT2D eigenvalue weighted by molar-refractivity contribution is 9.10. The van der Waals surface area contributed by atoms with Crippen LogP contribution in [0.2, 0.25) is 0 Å². The molecule has 3 aromatic carbocycles. The zero-order chi connectivity index (χ0) is 29.8.